The molecule has 0 aromatic heterocycles. The lowest BCUT2D eigenvalue weighted by molar-refractivity contribution is -0.186. The lowest BCUT2D eigenvalue weighted by atomic mass is 9.55. The van der Waals surface area contributed by atoms with Crippen LogP contribution >= 0.6 is 0 Å². The number of hydrogen-bond acceptors (Lipinski definition) is 14. The second kappa shape index (κ2) is 13.6. The summed E-state index contributed by atoms with van der Waals surface area (Å²) in [5.74, 6) is 2.38. The fraction of sp³-hybridized carbons (Fsp3) is 0.667. The molecule has 2 spiro atoms. The summed E-state index contributed by atoms with van der Waals surface area (Å²) in [6.45, 7) is 6.28. The van der Waals surface area contributed by atoms with Crippen molar-refractivity contribution in [1.82, 2.24) is 9.80 Å². The first kappa shape index (κ1) is 39.4. The molecule has 14 nitrogen and oxygen atoms in total. The molecule has 12 rings (SSSR count). The van der Waals surface area contributed by atoms with Crippen LogP contribution in [-0.4, -0.2) is 106 Å². The van der Waals surface area contributed by atoms with Crippen LogP contribution in [0.15, 0.2) is 24.3 Å². The van der Waals surface area contributed by atoms with Crippen molar-refractivity contribution in [3.05, 3.63) is 46.5 Å². The van der Waals surface area contributed by atoms with E-state index in [0.717, 1.165) is 35.3 Å². The van der Waals surface area contributed by atoms with Gasteiger partial charge >= 0.3 is 12.3 Å². The van der Waals surface area contributed by atoms with Gasteiger partial charge in [-0.3, -0.25) is 19.4 Å². The van der Waals surface area contributed by atoms with Crippen molar-refractivity contribution in [2.45, 2.75) is 162 Å². The van der Waals surface area contributed by atoms with Gasteiger partial charge in [0, 0.05) is 61.2 Å². The van der Waals surface area contributed by atoms with Crippen molar-refractivity contribution < 1.29 is 57.8 Å². The van der Waals surface area contributed by atoms with Crippen molar-refractivity contribution in [3.8, 4) is 23.0 Å². The molecule has 4 unspecified atom stereocenters. The van der Waals surface area contributed by atoms with Crippen molar-refractivity contribution in [2.75, 3.05) is 26.3 Å². The van der Waals surface area contributed by atoms with Gasteiger partial charge < -0.3 is 38.6 Å². The zero-order valence-electron chi connectivity index (χ0n) is 35.5. The first-order valence-corrected chi connectivity index (χ1v) is 23.3. The minimum Gasteiger partial charge on any atom is -0.477 e. The first-order chi connectivity index (χ1) is 29.9. The highest BCUT2D eigenvalue weighted by atomic mass is 16.7. The molecule has 10 atom stereocenters. The summed E-state index contributed by atoms with van der Waals surface area (Å²) in [5.41, 5.74) is -0.261. The van der Waals surface area contributed by atoms with E-state index in [4.69, 9.17) is 28.4 Å². The van der Waals surface area contributed by atoms with Gasteiger partial charge in [-0.25, -0.2) is 9.59 Å². The smallest absolute Gasteiger partial charge is 0.477 e. The highest BCUT2D eigenvalue weighted by Crippen LogP contribution is 2.72. The number of Topliss-reactive ketones (excluding diaryl/α,β-unsaturated/α-hetero) is 2. The Hall–Kier alpha value is -4.24. The van der Waals surface area contributed by atoms with Crippen LogP contribution in [-0.2, 0) is 29.9 Å². The second-order valence-corrected chi connectivity index (χ2v) is 20.3. The highest BCUT2D eigenvalue weighted by Gasteiger charge is 2.77. The SMILES string of the molecule is CC1N(CC2CC2)C2C[C@]34c5c2ccc(OC(=O)OCCCCCCOC(=O)Oc2ccc6c7c2O[C@H]2C(=O)CC[C@@]8(O)C(C)N(CC9CC9)C6C[C@]728)c5O[C@H]3C(=O)CC[C@@]14O. The zero-order chi connectivity index (χ0) is 42.5. The third-order valence-corrected chi connectivity index (χ3v) is 17.3. The van der Waals surface area contributed by atoms with E-state index in [-0.39, 0.29) is 73.3 Å². The summed E-state index contributed by atoms with van der Waals surface area (Å²) in [4.78, 5) is 57.5. The van der Waals surface area contributed by atoms with Crippen LogP contribution in [0, 0.1) is 11.8 Å². The van der Waals surface area contributed by atoms with Crippen LogP contribution < -0.4 is 18.9 Å². The number of hydrogen-bond donors (Lipinski definition) is 2. The number of likely N-dealkylation sites (tertiary alicyclic amines) is 2. The number of fused-ring (bicyclic) bond motifs is 4. The molecule has 2 N–H and O–H groups in total. The summed E-state index contributed by atoms with van der Waals surface area (Å²) in [5, 5.41) is 25.0. The van der Waals surface area contributed by atoms with Gasteiger partial charge in [0.2, 0.25) is 0 Å². The van der Waals surface area contributed by atoms with E-state index >= 15 is 0 Å². The average molecular weight is 853 g/mol. The van der Waals surface area contributed by atoms with Crippen LogP contribution in [0.3, 0.4) is 0 Å². The number of nitrogens with zero attached hydrogens (tertiary/aromatic N) is 2. The van der Waals surface area contributed by atoms with E-state index in [2.05, 4.69) is 23.6 Å². The van der Waals surface area contributed by atoms with Gasteiger partial charge in [0.25, 0.3) is 0 Å². The molecule has 14 heteroatoms. The second-order valence-electron chi connectivity index (χ2n) is 20.3. The van der Waals surface area contributed by atoms with Gasteiger partial charge in [-0.15, -0.1) is 0 Å². The van der Waals surface area contributed by atoms with Crippen LogP contribution in [0.4, 0.5) is 9.59 Å². The number of carbonyl (C=O) groups is 4. The quantitative estimate of drug-likeness (QED) is 0.131. The van der Waals surface area contributed by atoms with Crippen LogP contribution in [0.25, 0.3) is 0 Å². The Kier molecular flexibility index (Phi) is 8.66. The molecule has 2 aromatic rings. The fourth-order valence-corrected chi connectivity index (χ4v) is 14.0. The Balaban J connectivity index is 0.636. The molecule has 4 saturated carbocycles. The molecule has 2 aromatic carbocycles. The molecule has 0 amide bonds. The average Bonchev–Trinajstić information content (AvgIpc) is 4.14. The molecule has 10 aliphatic rings. The van der Waals surface area contributed by atoms with Gasteiger partial charge in [-0.1, -0.05) is 12.1 Å². The monoisotopic (exact) mass is 852 g/mol. The van der Waals surface area contributed by atoms with Gasteiger partial charge in [0.1, 0.15) is 0 Å². The van der Waals surface area contributed by atoms with E-state index in [1.807, 2.05) is 12.1 Å². The summed E-state index contributed by atoms with van der Waals surface area (Å²) in [6, 6.07) is 7.24. The molecule has 4 aliphatic heterocycles. The predicted octanol–water partition coefficient (Wildman–Crippen LogP) is 6.28. The van der Waals surface area contributed by atoms with Crippen molar-refractivity contribution in [1.29, 1.82) is 0 Å². The standard InChI is InChI=1S/C48H56N2O12/c1-25-47(55)17-15-33(51)41-45(47)21-31(49(25)23-27-7-8-27)29-11-13-35(39(61-41)37(29)45)59-43(53)57-19-5-3-4-6-20-58-44(54)60-36-14-12-30-32-22-46-38(30)40(36)62-42(46)34(52)16-18-48(46,56)26(2)50(32)24-28-9-10-28/h11-14,25-28,31-32,41-42,55-56H,3-10,15-24H2,1-2H3/t25?,26?,31?,32?,41-,42-,45-,46-,47+,48+/m0/s1. The van der Waals surface area contributed by atoms with Crippen molar-refractivity contribution in [2.24, 2.45) is 11.8 Å². The normalized spacial score (nSPS) is 37.7. The Morgan fingerprint density at radius 1 is 0.661 bits per heavy atom. The Morgan fingerprint density at radius 3 is 1.48 bits per heavy atom. The maximum Gasteiger partial charge on any atom is 0.513 e. The molecular weight excluding hydrogens is 797 g/mol. The Morgan fingerprint density at radius 2 is 1.08 bits per heavy atom. The van der Waals surface area contributed by atoms with Crippen LogP contribution in [0.1, 0.15) is 138 Å². The third kappa shape index (κ3) is 5.23. The molecule has 2 saturated heterocycles. The molecule has 4 heterocycles. The minimum absolute atomic E-state index is 0.0225. The molecule has 62 heavy (non-hydrogen) atoms. The molecule has 6 aliphatic carbocycles. The molecule has 4 bridgehead atoms. The van der Waals surface area contributed by atoms with E-state index < -0.39 is 46.6 Å². The first-order valence-electron chi connectivity index (χ1n) is 23.3. The van der Waals surface area contributed by atoms with Crippen molar-refractivity contribution in [3.63, 3.8) is 0 Å². The third-order valence-electron chi connectivity index (χ3n) is 17.3. The van der Waals surface area contributed by atoms with E-state index in [1.165, 1.54) is 25.7 Å². The maximum absolute atomic E-state index is 13.4. The summed E-state index contributed by atoms with van der Waals surface area (Å²) >= 11 is 0. The van der Waals surface area contributed by atoms with Crippen LogP contribution in [0.2, 0.25) is 0 Å². The number of ether oxygens (including phenoxy) is 6. The van der Waals surface area contributed by atoms with Gasteiger partial charge in [0.05, 0.1) is 35.2 Å². The lowest BCUT2D eigenvalue weighted by Crippen LogP contribution is -2.72. The molecule has 6 fully saturated rings. The van der Waals surface area contributed by atoms with Crippen molar-refractivity contribution >= 4 is 23.9 Å². The van der Waals surface area contributed by atoms with Crippen LogP contribution in [0.5, 0.6) is 23.0 Å². The molecule has 330 valence electrons. The zero-order valence-corrected chi connectivity index (χ0v) is 35.5. The highest BCUT2D eigenvalue weighted by molar-refractivity contribution is 5.91. The number of aliphatic hydroxyl groups is 2. The number of carbonyl (C=O) groups excluding carboxylic acids is 4. The summed E-state index contributed by atoms with van der Waals surface area (Å²) in [7, 11) is 0. The molecule has 0 radical (unpaired) electrons. The van der Waals surface area contributed by atoms with Gasteiger partial charge in [0.15, 0.2) is 46.8 Å². The number of ketones is 2. The van der Waals surface area contributed by atoms with Gasteiger partial charge in [-0.05, 0) is 126 Å². The van der Waals surface area contributed by atoms with E-state index in [9.17, 15) is 29.4 Å². The fourth-order valence-electron chi connectivity index (χ4n) is 14.0. The Labute approximate surface area is 360 Å². The van der Waals surface area contributed by atoms with Gasteiger partial charge in [-0.2, -0.15) is 0 Å². The number of piperidine rings is 2. The number of unbranched alkanes of at least 4 members (excludes halogenated alkanes) is 3. The topological polar surface area (TPSA) is 171 Å². The minimum atomic E-state index is -1.14. The van der Waals surface area contributed by atoms with E-state index in [0.29, 0.717) is 74.7 Å². The van der Waals surface area contributed by atoms with E-state index in [1.54, 1.807) is 12.1 Å². The lowest BCUT2D eigenvalue weighted by Gasteiger charge is -2.58. The number of rotatable bonds is 13. The number of benzene rings is 2. The summed E-state index contributed by atoms with van der Waals surface area (Å²) < 4.78 is 35.0. The molecular formula is C48H56N2O12. The Bertz CT molecular complexity index is 2130. The summed E-state index contributed by atoms with van der Waals surface area (Å²) in [6.07, 6.45) is 6.48. The largest absolute Gasteiger partial charge is 0.513 e. The predicted molar refractivity (Wildman–Crippen MR) is 218 cm³/mol. The maximum atomic E-state index is 13.4.